The van der Waals surface area contributed by atoms with Crippen LogP contribution in [0.15, 0.2) is 18.2 Å². The number of fused-ring (bicyclic) bond motifs is 1. The van der Waals surface area contributed by atoms with Crippen LogP contribution < -0.4 is 10.6 Å². The predicted molar refractivity (Wildman–Crippen MR) is 90.4 cm³/mol. The Balaban J connectivity index is 1.74. The van der Waals surface area contributed by atoms with Crippen LogP contribution in [0.3, 0.4) is 0 Å². The molecule has 2 N–H and O–H groups in total. The van der Waals surface area contributed by atoms with E-state index in [4.69, 9.17) is 5.73 Å². The summed E-state index contributed by atoms with van der Waals surface area (Å²) in [7, 11) is 0. The molecular formula is C17H22N4O3. The largest absolute Gasteiger partial charge is 0.398 e. The second-order valence-electron chi connectivity index (χ2n) is 6.11. The van der Waals surface area contributed by atoms with Gasteiger partial charge in [-0.2, -0.15) is 0 Å². The Kier molecular flexibility index (Phi) is 4.42. The van der Waals surface area contributed by atoms with Crippen LogP contribution in [0.2, 0.25) is 0 Å². The SMILES string of the molecule is CCN1CCN(CC(=O)N2CCCc3c(N)cccc32)C(=O)C1=O. The van der Waals surface area contributed by atoms with Crippen LogP contribution in [-0.2, 0) is 20.8 Å². The molecule has 3 amide bonds. The van der Waals surface area contributed by atoms with E-state index in [0.717, 1.165) is 24.1 Å². The Morgan fingerprint density at radius 1 is 1.12 bits per heavy atom. The van der Waals surface area contributed by atoms with Gasteiger partial charge in [0.2, 0.25) is 5.91 Å². The molecule has 2 aliphatic heterocycles. The van der Waals surface area contributed by atoms with E-state index in [1.807, 2.05) is 25.1 Å². The first-order valence-corrected chi connectivity index (χ1v) is 8.28. The van der Waals surface area contributed by atoms with Gasteiger partial charge in [-0.15, -0.1) is 0 Å². The lowest BCUT2D eigenvalue weighted by Gasteiger charge is -2.35. The first-order valence-electron chi connectivity index (χ1n) is 8.28. The van der Waals surface area contributed by atoms with Gasteiger partial charge in [0, 0.05) is 37.6 Å². The van der Waals surface area contributed by atoms with E-state index >= 15 is 0 Å². The summed E-state index contributed by atoms with van der Waals surface area (Å²) in [4.78, 5) is 41.4. The number of nitrogen functional groups attached to an aromatic ring is 1. The molecule has 0 unspecified atom stereocenters. The van der Waals surface area contributed by atoms with Gasteiger partial charge in [-0.05, 0) is 37.5 Å². The number of nitrogens with zero attached hydrogens (tertiary/aromatic N) is 3. The number of carbonyl (C=O) groups excluding carboxylic acids is 3. The van der Waals surface area contributed by atoms with Crippen molar-refractivity contribution in [3.8, 4) is 0 Å². The van der Waals surface area contributed by atoms with Gasteiger partial charge >= 0.3 is 11.8 Å². The standard InChI is InChI=1S/C17H22N4O3/c1-2-19-9-10-20(17(24)16(19)23)11-15(22)21-8-4-5-12-13(18)6-3-7-14(12)21/h3,6-7H,2,4-5,8-11,18H2,1H3. The number of likely N-dealkylation sites (N-methyl/N-ethyl adjacent to an activating group) is 1. The van der Waals surface area contributed by atoms with Gasteiger partial charge < -0.3 is 20.4 Å². The molecule has 128 valence electrons. The third kappa shape index (κ3) is 2.81. The molecule has 0 bridgehead atoms. The van der Waals surface area contributed by atoms with E-state index in [9.17, 15) is 14.4 Å². The smallest absolute Gasteiger partial charge is 0.312 e. The quantitative estimate of drug-likeness (QED) is 0.635. The maximum atomic E-state index is 12.7. The van der Waals surface area contributed by atoms with Crippen LogP contribution in [0.5, 0.6) is 0 Å². The second-order valence-corrected chi connectivity index (χ2v) is 6.11. The minimum Gasteiger partial charge on any atom is -0.398 e. The van der Waals surface area contributed by atoms with Crippen LogP contribution in [-0.4, -0.2) is 60.2 Å². The lowest BCUT2D eigenvalue weighted by atomic mass is 10.00. The van der Waals surface area contributed by atoms with Crippen molar-refractivity contribution in [2.45, 2.75) is 19.8 Å². The van der Waals surface area contributed by atoms with Gasteiger partial charge in [0.15, 0.2) is 0 Å². The average molecular weight is 330 g/mol. The summed E-state index contributed by atoms with van der Waals surface area (Å²) in [5.74, 6) is -1.30. The molecule has 0 spiro atoms. The molecule has 7 nitrogen and oxygen atoms in total. The maximum Gasteiger partial charge on any atom is 0.312 e. The molecule has 0 radical (unpaired) electrons. The number of piperazine rings is 1. The van der Waals surface area contributed by atoms with E-state index in [1.165, 1.54) is 9.80 Å². The molecule has 0 atom stereocenters. The topological polar surface area (TPSA) is 86.9 Å². The highest BCUT2D eigenvalue weighted by Gasteiger charge is 2.34. The fourth-order valence-corrected chi connectivity index (χ4v) is 3.33. The highest BCUT2D eigenvalue weighted by atomic mass is 16.2. The summed E-state index contributed by atoms with van der Waals surface area (Å²) in [5, 5.41) is 0. The molecule has 7 heteroatoms. The average Bonchev–Trinajstić information content (AvgIpc) is 2.59. The minimum absolute atomic E-state index is 0.0730. The van der Waals surface area contributed by atoms with Crippen molar-refractivity contribution >= 4 is 29.1 Å². The van der Waals surface area contributed by atoms with Gasteiger partial charge in [-0.1, -0.05) is 6.07 Å². The number of rotatable bonds is 3. The second kappa shape index (κ2) is 6.51. The van der Waals surface area contributed by atoms with E-state index in [0.29, 0.717) is 31.9 Å². The van der Waals surface area contributed by atoms with Gasteiger partial charge in [0.25, 0.3) is 0 Å². The Morgan fingerprint density at radius 3 is 2.58 bits per heavy atom. The zero-order valence-electron chi connectivity index (χ0n) is 13.8. The van der Waals surface area contributed by atoms with Crippen molar-refractivity contribution in [1.29, 1.82) is 0 Å². The van der Waals surface area contributed by atoms with Gasteiger partial charge in [0.1, 0.15) is 6.54 Å². The van der Waals surface area contributed by atoms with Crippen LogP contribution in [0.1, 0.15) is 18.9 Å². The van der Waals surface area contributed by atoms with Gasteiger partial charge in [0.05, 0.1) is 0 Å². The molecule has 24 heavy (non-hydrogen) atoms. The Hall–Kier alpha value is -2.57. The fraction of sp³-hybridized carbons (Fsp3) is 0.471. The highest BCUT2D eigenvalue weighted by molar-refractivity contribution is 6.35. The normalized spacial score (nSPS) is 18.0. The van der Waals surface area contributed by atoms with E-state index < -0.39 is 11.8 Å². The summed E-state index contributed by atoms with van der Waals surface area (Å²) >= 11 is 0. The summed E-state index contributed by atoms with van der Waals surface area (Å²) in [6.07, 6.45) is 1.68. The lowest BCUT2D eigenvalue weighted by Crippen LogP contribution is -2.56. The highest BCUT2D eigenvalue weighted by Crippen LogP contribution is 2.31. The molecule has 2 heterocycles. The van der Waals surface area contributed by atoms with Crippen LogP contribution in [0.25, 0.3) is 0 Å². The van der Waals surface area contributed by atoms with E-state index in [1.54, 1.807) is 4.90 Å². The van der Waals surface area contributed by atoms with Crippen molar-refractivity contribution in [3.05, 3.63) is 23.8 Å². The maximum absolute atomic E-state index is 12.7. The van der Waals surface area contributed by atoms with Crippen molar-refractivity contribution in [2.75, 3.05) is 43.4 Å². The van der Waals surface area contributed by atoms with E-state index in [2.05, 4.69) is 0 Å². The molecule has 1 saturated heterocycles. The number of carbonyl (C=O) groups is 3. The third-order valence-electron chi connectivity index (χ3n) is 4.69. The molecule has 1 fully saturated rings. The number of hydrogen-bond acceptors (Lipinski definition) is 4. The van der Waals surface area contributed by atoms with Crippen LogP contribution in [0, 0.1) is 0 Å². The number of amides is 3. The van der Waals surface area contributed by atoms with Gasteiger partial charge in [-0.25, -0.2) is 0 Å². The molecule has 0 aliphatic carbocycles. The number of benzene rings is 1. The number of hydrogen-bond donors (Lipinski definition) is 1. The van der Waals surface area contributed by atoms with Crippen molar-refractivity contribution in [3.63, 3.8) is 0 Å². The van der Waals surface area contributed by atoms with Gasteiger partial charge in [-0.3, -0.25) is 14.4 Å². The molecule has 0 aromatic heterocycles. The summed E-state index contributed by atoms with van der Waals surface area (Å²) in [6.45, 7) is 3.73. The predicted octanol–water partition coefficient (Wildman–Crippen LogP) is 0.239. The molecule has 3 rings (SSSR count). The first kappa shape index (κ1) is 16.3. The summed E-state index contributed by atoms with van der Waals surface area (Å²) < 4.78 is 0. The summed E-state index contributed by atoms with van der Waals surface area (Å²) in [6, 6.07) is 5.54. The van der Waals surface area contributed by atoms with Crippen molar-refractivity contribution in [1.82, 2.24) is 9.80 Å². The number of anilines is 2. The fourth-order valence-electron chi connectivity index (χ4n) is 3.33. The zero-order valence-corrected chi connectivity index (χ0v) is 13.8. The molecular weight excluding hydrogens is 308 g/mol. The lowest BCUT2D eigenvalue weighted by molar-refractivity contribution is -0.156. The summed E-state index contributed by atoms with van der Waals surface area (Å²) in [5.41, 5.74) is 8.49. The Bertz CT molecular complexity index is 688. The number of nitrogens with two attached hydrogens (primary N) is 1. The van der Waals surface area contributed by atoms with Crippen molar-refractivity contribution < 1.29 is 14.4 Å². The molecule has 1 aromatic carbocycles. The van der Waals surface area contributed by atoms with Crippen molar-refractivity contribution in [2.24, 2.45) is 0 Å². The van der Waals surface area contributed by atoms with E-state index in [-0.39, 0.29) is 12.5 Å². The molecule has 0 saturated carbocycles. The first-order chi connectivity index (χ1) is 11.5. The third-order valence-corrected chi connectivity index (χ3v) is 4.69. The molecule has 1 aromatic rings. The van der Waals surface area contributed by atoms with Crippen LogP contribution >= 0.6 is 0 Å². The molecule has 2 aliphatic rings. The Morgan fingerprint density at radius 2 is 1.83 bits per heavy atom. The minimum atomic E-state index is -0.596. The zero-order chi connectivity index (χ0) is 17.3. The van der Waals surface area contributed by atoms with Crippen LogP contribution in [0.4, 0.5) is 11.4 Å². The monoisotopic (exact) mass is 330 g/mol. The Labute approximate surface area is 141 Å².